The second-order valence-corrected chi connectivity index (χ2v) is 2.85. The molecule has 1 aromatic rings. The minimum Gasteiger partial charge on any atom is -0.335 e. The molecule has 1 aromatic heterocycles. The van der Waals surface area contributed by atoms with Crippen molar-refractivity contribution in [2.45, 2.75) is 26.3 Å². The summed E-state index contributed by atoms with van der Waals surface area (Å²) in [5, 5.41) is 0. The minimum absolute atomic E-state index is 0. The molecular weight excluding hydrogens is 195 g/mol. The molecule has 4 heteroatoms. The van der Waals surface area contributed by atoms with E-state index in [0.717, 1.165) is 25.2 Å². The van der Waals surface area contributed by atoms with Gasteiger partial charge in [0.25, 0.3) is 0 Å². The molecule has 2 nitrogen and oxygen atoms in total. The van der Waals surface area contributed by atoms with Crippen molar-refractivity contribution in [2.24, 2.45) is 0 Å². The third-order valence-electron chi connectivity index (χ3n) is 1.58. The molecule has 1 rings (SSSR count). The maximum absolute atomic E-state index is 5.61. The van der Waals surface area contributed by atoms with Gasteiger partial charge in [-0.2, -0.15) is 0 Å². The normalized spacial score (nSPS) is 9.50. The van der Waals surface area contributed by atoms with Crippen LogP contribution in [0.2, 0.25) is 0 Å². The number of aryl methyl sites for hydroxylation is 2. The van der Waals surface area contributed by atoms with Crippen LogP contribution >= 0.6 is 24.0 Å². The van der Waals surface area contributed by atoms with E-state index in [-0.39, 0.29) is 12.4 Å². The molecule has 0 atom stereocenters. The predicted molar refractivity (Wildman–Crippen MR) is 54.2 cm³/mol. The molecule has 0 unspecified atom stereocenters. The van der Waals surface area contributed by atoms with Crippen molar-refractivity contribution >= 4 is 24.0 Å². The number of nitrogens with zero attached hydrogens (tertiary/aromatic N) is 2. The number of imidazole rings is 1. The van der Waals surface area contributed by atoms with Crippen LogP contribution in [0.3, 0.4) is 0 Å². The third-order valence-corrected chi connectivity index (χ3v) is 1.77. The first kappa shape index (κ1) is 11.8. The number of aromatic nitrogens is 2. The van der Waals surface area contributed by atoms with Gasteiger partial charge in [-0.15, -0.1) is 24.0 Å². The fourth-order valence-corrected chi connectivity index (χ4v) is 1.27. The van der Waals surface area contributed by atoms with Crippen LogP contribution in [0, 0.1) is 0 Å². The van der Waals surface area contributed by atoms with Gasteiger partial charge in [0.2, 0.25) is 0 Å². The van der Waals surface area contributed by atoms with E-state index in [1.165, 1.54) is 0 Å². The summed E-state index contributed by atoms with van der Waals surface area (Å²) in [6.07, 6.45) is 5.85. The standard InChI is InChI=1S/C8H13ClN2.ClH/c1-2-6-11-7-5-10-8(11)3-4-9;/h5,7H,2-4,6H2,1H3;1H. The number of hydrogen-bond acceptors (Lipinski definition) is 1. The Bertz CT molecular complexity index is 190. The highest BCUT2D eigenvalue weighted by molar-refractivity contribution is 6.17. The number of alkyl halides is 1. The molecule has 0 amide bonds. The van der Waals surface area contributed by atoms with Crippen LogP contribution in [-0.2, 0) is 13.0 Å². The Hall–Kier alpha value is -0.210. The molecule has 0 saturated carbocycles. The largest absolute Gasteiger partial charge is 0.335 e. The summed E-state index contributed by atoms with van der Waals surface area (Å²) in [4.78, 5) is 4.20. The van der Waals surface area contributed by atoms with E-state index in [4.69, 9.17) is 11.6 Å². The van der Waals surface area contributed by atoms with Gasteiger partial charge in [0.05, 0.1) is 0 Å². The Morgan fingerprint density at radius 1 is 1.58 bits per heavy atom. The molecular formula is C8H14Cl2N2. The van der Waals surface area contributed by atoms with Gasteiger partial charge in [-0.05, 0) is 6.42 Å². The van der Waals surface area contributed by atoms with Crippen molar-refractivity contribution in [1.29, 1.82) is 0 Å². The lowest BCUT2D eigenvalue weighted by molar-refractivity contribution is 0.643. The van der Waals surface area contributed by atoms with Gasteiger partial charge in [-0.3, -0.25) is 0 Å². The molecule has 0 spiro atoms. The first-order valence-electron chi connectivity index (χ1n) is 3.94. The number of rotatable bonds is 4. The van der Waals surface area contributed by atoms with E-state index in [0.29, 0.717) is 5.88 Å². The lowest BCUT2D eigenvalue weighted by Gasteiger charge is -2.03. The van der Waals surface area contributed by atoms with Gasteiger partial charge in [-0.1, -0.05) is 6.92 Å². The predicted octanol–water partition coefficient (Wildman–Crippen LogP) is 2.50. The zero-order chi connectivity index (χ0) is 8.10. The Labute approximate surface area is 84.4 Å². The highest BCUT2D eigenvalue weighted by atomic mass is 35.5. The van der Waals surface area contributed by atoms with Gasteiger partial charge in [-0.25, -0.2) is 4.98 Å². The van der Waals surface area contributed by atoms with Gasteiger partial charge < -0.3 is 4.57 Å². The molecule has 0 aromatic carbocycles. The van der Waals surface area contributed by atoms with E-state index >= 15 is 0 Å². The van der Waals surface area contributed by atoms with Crippen molar-refractivity contribution < 1.29 is 0 Å². The topological polar surface area (TPSA) is 17.8 Å². The van der Waals surface area contributed by atoms with E-state index < -0.39 is 0 Å². The molecule has 0 saturated heterocycles. The Kier molecular flexibility index (Phi) is 6.21. The average Bonchev–Trinajstić information content (AvgIpc) is 2.39. The monoisotopic (exact) mass is 208 g/mol. The quantitative estimate of drug-likeness (QED) is 0.696. The molecule has 0 fully saturated rings. The summed E-state index contributed by atoms with van der Waals surface area (Å²) < 4.78 is 2.16. The SMILES string of the molecule is CCCn1ccnc1CCCl.Cl. The van der Waals surface area contributed by atoms with E-state index in [1.807, 2.05) is 12.4 Å². The summed E-state index contributed by atoms with van der Waals surface area (Å²) in [5.41, 5.74) is 0. The van der Waals surface area contributed by atoms with Gasteiger partial charge >= 0.3 is 0 Å². The van der Waals surface area contributed by atoms with Crippen molar-refractivity contribution in [3.05, 3.63) is 18.2 Å². The Morgan fingerprint density at radius 3 is 2.92 bits per heavy atom. The first-order valence-corrected chi connectivity index (χ1v) is 4.48. The number of halogens is 2. The van der Waals surface area contributed by atoms with Gasteiger partial charge in [0.1, 0.15) is 5.82 Å². The lowest BCUT2D eigenvalue weighted by Crippen LogP contribution is -2.02. The first-order chi connectivity index (χ1) is 5.38. The molecule has 0 aliphatic rings. The van der Waals surface area contributed by atoms with Crippen molar-refractivity contribution in [1.82, 2.24) is 9.55 Å². The molecule has 0 aliphatic heterocycles. The van der Waals surface area contributed by atoms with Crippen LogP contribution in [0.1, 0.15) is 19.2 Å². The van der Waals surface area contributed by atoms with Gasteiger partial charge in [0, 0.05) is 31.2 Å². The molecule has 12 heavy (non-hydrogen) atoms. The van der Waals surface area contributed by atoms with Crippen LogP contribution in [-0.4, -0.2) is 15.4 Å². The third kappa shape index (κ3) is 3.03. The summed E-state index contributed by atoms with van der Waals surface area (Å²) in [6, 6.07) is 0. The minimum atomic E-state index is 0. The zero-order valence-corrected chi connectivity index (χ0v) is 8.74. The van der Waals surface area contributed by atoms with Crippen molar-refractivity contribution in [2.75, 3.05) is 5.88 Å². The molecule has 0 N–H and O–H groups in total. The maximum atomic E-state index is 5.61. The van der Waals surface area contributed by atoms with Crippen LogP contribution in [0.15, 0.2) is 12.4 Å². The fraction of sp³-hybridized carbons (Fsp3) is 0.625. The summed E-state index contributed by atoms with van der Waals surface area (Å²) in [7, 11) is 0. The van der Waals surface area contributed by atoms with E-state index in [1.54, 1.807) is 0 Å². The Balaban J connectivity index is 0.00000121. The summed E-state index contributed by atoms with van der Waals surface area (Å²) in [5.74, 6) is 1.75. The van der Waals surface area contributed by atoms with Crippen LogP contribution < -0.4 is 0 Å². The molecule has 0 aliphatic carbocycles. The molecule has 70 valence electrons. The molecule has 0 radical (unpaired) electrons. The van der Waals surface area contributed by atoms with Crippen molar-refractivity contribution in [3.8, 4) is 0 Å². The summed E-state index contributed by atoms with van der Waals surface area (Å²) in [6.45, 7) is 3.21. The second kappa shape index (κ2) is 6.32. The Morgan fingerprint density at radius 2 is 2.33 bits per heavy atom. The fourth-order valence-electron chi connectivity index (χ4n) is 1.10. The molecule has 0 bridgehead atoms. The summed E-state index contributed by atoms with van der Waals surface area (Å²) >= 11 is 5.61. The second-order valence-electron chi connectivity index (χ2n) is 2.48. The van der Waals surface area contributed by atoms with Gasteiger partial charge in [0.15, 0.2) is 0 Å². The highest BCUT2D eigenvalue weighted by Crippen LogP contribution is 2.00. The lowest BCUT2D eigenvalue weighted by atomic mass is 10.4. The van der Waals surface area contributed by atoms with Crippen molar-refractivity contribution in [3.63, 3.8) is 0 Å². The molecule has 1 heterocycles. The maximum Gasteiger partial charge on any atom is 0.109 e. The van der Waals surface area contributed by atoms with Crippen LogP contribution in [0.25, 0.3) is 0 Å². The number of hydrogen-bond donors (Lipinski definition) is 0. The highest BCUT2D eigenvalue weighted by Gasteiger charge is 1.99. The van der Waals surface area contributed by atoms with Crippen LogP contribution in [0.5, 0.6) is 0 Å². The van der Waals surface area contributed by atoms with E-state index in [9.17, 15) is 0 Å². The average molecular weight is 209 g/mol. The smallest absolute Gasteiger partial charge is 0.109 e. The zero-order valence-electron chi connectivity index (χ0n) is 7.16. The van der Waals surface area contributed by atoms with E-state index in [2.05, 4.69) is 16.5 Å². The van der Waals surface area contributed by atoms with Crippen LogP contribution in [0.4, 0.5) is 0 Å².